The molecule has 0 aliphatic rings. The fourth-order valence-corrected chi connectivity index (χ4v) is 1.68. The zero-order chi connectivity index (χ0) is 12.8. The molecular weight excluding hydrogens is 217 g/mol. The zero-order valence-electron chi connectivity index (χ0n) is 10.6. The summed E-state index contributed by atoms with van der Waals surface area (Å²) < 4.78 is 35.5. The van der Waals surface area contributed by atoms with Crippen molar-refractivity contribution in [1.82, 2.24) is 10.2 Å². The third-order valence-corrected chi connectivity index (χ3v) is 2.46. The summed E-state index contributed by atoms with van der Waals surface area (Å²) in [6.45, 7) is 9.77. The minimum atomic E-state index is -4.05. The Bertz CT molecular complexity index is 171. The summed E-state index contributed by atoms with van der Waals surface area (Å²) in [4.78, 5) is 2.25. The number of nitrogens with zero attached hydrogens (tertiary/aromatic N) is 1. The molecule has 5 heteroatoms. The van der Waals surface area contributed by atoms with E-state index in [2.05, 4.69) is 37.9 Å². The number of nitrogens with one attached hydrogen (secondary N) is 1. The highest BCUT2D eigenvalue weighted by molar-refractivity contribution is 4.68. The molecule has 0 atom stereocenters. The molecule has 0 aromatic heterocycles. The third-order valence-electron chi connectivity index (χ3n) is 2.46. The van der Waals surface area contributed by atoms with E-state index >= 15 is 0 Å². The van der Waals surface area contributed by atoms with E-state index in [4.69, 9.17) is 0 Å². The van der Waals surface area contributed by atoms with Crippen LogP contribution in [0.5, 0.6) is 0 Å². The van der Waals surface area contributed by atoms with E-state index in [-0.39, 0.29) is 6.54 Å². The topological polar surface area (TPSA) is 15.3 Å². The Labute approximate surface area is 96.2 Å². The maximum Gasteiger partial charge on any atom is 0.390 e. The quantitative estimate of drug-likeness (QED) is 0.688. The van der Waals surface area contributed by atoms with E-state index in [9.17, 15) is 13.2 Å². The molecule has 16 heavy (non-hydrogen) atoms. The van der Waals surface area contributed by atoms with Crippen molar-refractivity contribution in [1.29, 1.82) is 0 Å². The van der Waals surface area contributed by atoms with Gasteiger partial charge in [-0.2, -0.15) is 13.2 Å². The summed E-state index contributed by atoms with van der Waals surface area (Å²) in [6.07, 6.45) is -4.81. The van der Waals surface area contributed by atoms with Crippen LogP contribution >= 0.6 is 0 Å². The molecule has 0 saturated carbocycles. The van der Waals surface area contributed by atoms with Gasteiger partial charge in [0.1, 0.15) is 0 Å². The van der Waals surface area contributed by atoms with E-state index < -0.39 is 12.6 Å². The first-order chi connectivity index (χ1) is 7.24. The SMILES string of the molecule is CC(C)N(CCNCCC(F)(F)F)C(C)C. The zero-order valence-corrected chi connectivity index (χ0v) is 10.6. The van der Waals surface area contributed by atoms with Gasteiger partial charge < -0.3 is 5.32 Å². The van der Waals surface area contributed by atoms with E-state index in [0.29, 0.717) is 18.6 Å². The predicted molar refractivity (Wildman–Crippen MR) is 60.5 cm³/mol. The largest absolute Gasteiger partial charge is 0.390 e. The molecule has 0 fully saturated rings. The van der Waals surface area contributed by atoms with Crippen LogP contribution < -0.4 is 5.32 Å². The van der Waals surface area contributed by atoms with Gasteiger partial charge in [0.15, 0.2) is 0 Å². The molecule has 98 valence electrons. The van der Waals surface area contributed by atoms with Gasteiger partial charge in [-0.3, -0.25) is 4.90 Å². The van der Waals surface area contributed by atoms with Crippen molar-refractivity contribution >= 4 is 0 Å². The van der Waals surface area contributed by atoms with Crippen LogP contribution in [0.4, 0.5) is 13.2 Å². The minimum absolute atomic E-state index is 0.00747. The van der Waals surface area contributed by atoms with Crippen LogP contribution in [-0.4, -0.2) is 42.8 Å². The molecule has 0 rings (SSSR count). The summed E-state index contributed by atoms with van der Waals surface area (Å²) in [7, 11) is 0. The molecule has 2 nitrogen and oxygen atoms in total. The van der Waals surface area contributed by atoms with Gasteiger partial charge in [0, 0.05) is 31.7 Å². The van der Waals surface area contributed by atoms with Crippen molar-refractivity contribution in [2.24, 2.45) is 0 Å². The smallest absolute Gasteiger partial charge is 0.315 e. The van der Waals surface area contributed by atoms with Crippen molar-refractivity contribution < 1.29 is 13.2 Å². The Balaban J connectivity index is 3.64. The average molecular weight is 240 g/mol. The summed E-state index contributed by atoms with van der Waals surface area (Å²) in [6, 6.07) is 0.842. The van der Waals surface area contributed by atoms with Gasteiger partial charge in [-0.25, -0.2) is 0 Å². The normalized spacial score (nSPS) is 13.1. The predicted octanol–water partition coefficient (Wildman–Crippen LogP) is 2.65. The molecule has 0 spiro atoms. The summed E-state index contributed by atoms with van der Waals surface area (Å²) >= 11 is 0. The Kier molecular flexibility index (Phi) is 6.99. The van der Waals surface area contributed by atoms with Crippen LogP contribution in [-0.2, 0) is 0 Å². The van der Waals surface area contributed by atoms with E-state index in [1.807, 2.05) is 0 Å². The molecular formula is C11H23F3N2. The molecule has 0 aliphatic carbocycles. The number of rotatable bonds is 7. The van der Waals surface area contributed by atoms with Gasteiger partial charge in [0.05, 0.1) is 6.42 Å². The number of alkyl halides is 3. The van der Waals surface area contributed by atoms with Crippen molar-refractivity contribution in [2.75, 3.05) is 19.6 Å². The van der Waals surface area contributed by atoms with Gasteiger partial charge in [-0.15, -0.1) is 0 Å². The Hall–Kier alpha value is -0.290. The highest BCUT2D eigenvalue weighted by Crippen LogP contribution is 2.18. The monoisotopic (exact) mass is 240 g/mol. The fraction of sp³-hybridized carbons (Fsp3) is 1.00. The maximum absolute atomic E-state index is 11.8. The molecule has 0 radical (unpaired) electrons. The number of halogens is 3. The van der Waals surface area contributed by atoms with Crippen LogP contribution in [0.15, 0.2) is 0 Å². The fourth-order valence-electron chi connectivity index (χ4n) is 1.68. The summed E-state index contributed by atoms with van der Waals surface area (Å²) in [5, 5.41) is 2.82. The van der Waals surface area contributed by atoms with Crippen LogP contribution in [0.1, 0.15) is 34.1 Å². The lowest BCUT2D eigenvalue weighted by Gasteiger charge is -2.30. The van der Waals surface area contributed by atoms with Gasteiger partial charge in [0.25, 0.3) is 0 Å². The first-order valence-corrected chi connectivity index (χ1v) is 5.77. The second kappa shape index (κ2) is 7.12. The lowest BCUT2D eigenvalue weighted by Crippen LogP contribution is -2.41. The molecule has 0 saturated heterocycles. The Morgan fingerprint density at radius 2 is 1.50 bits per heavy atom. The van der Waals surface area contributed by atoms with Crippen LogP contribution in [0.3, 0.4) is 0 Å². The van der Waals surface area contributed by atoms with E-state index in [1.165, 1.54) is 0 Å². The first-order valence-electron chi connectivity index (χ1n) is 5.77. The van der Waals surface area contributed by atoms with Crippen LogP contribution in [0.2, 0.25) is 0 Å². The molecule has 0 aliphatic heterocycles. The second-order valence-electron chi connectivity index (χ2n) is 4.54. The van der Waals surface area contributed by atoms with Crippen molar-refractivity contribution in [3.8, 4) is 0 Å². The van der Waals surface area contributed by atoms with Crippen molar-refractivity contribution in [2.45, 2.75) is 52.4 Å². The standard InChI is InChI=1S/C11H23F3N2/c1-9(2)16(10(3)4)8-7-15-6-5-11(12,13)14/h9-10,15H,5-8H2,1-4H3. The number of hydrogen-bond acceptors (Lipinski definition) is 2. The molecule has 0 amide bonds. The first kappa shape index (κ1) is 15.7. The average Bonchev–Trinajstić information content (AvgIpc) is 2.07. The van der Waals surface area contributed by atoms with Gasteiger partial charge in [-0.05, 0) is 27.7 Å². The van der Waals surface area contributed by atoms with Gasteiger partial charge >= 0.3 is 6.18 Å². The molecule has 1 N–H and O–H groups in total. The maximum atomic E-state index is 11.8. The molecule has 0 heterocycles. The number of hydrogen-bond donors (Lipinski definition) is 1. The molecule has 0 bridgehead atoms. The van der Waals surface area contributed by atoms with E-state index in [1.54, 1.807) is 0 Å². The second-order valence-corrected chi connectivity index (χ2v) is 4.54. The molecule has 0 unspecified atom stereocenters. The third kappa shape index (κ3) is 7.93. The highest BCUT2D eigenvalue weighted by Gasteiger charge is 2.25. The minimum Gasteiger partial charge on any atom is -0.315 e. The Morgan fingerprint density at radius 3 is 1.88 bits per heavy atom. The van der Waals surface area contributed by atoms with Gasteiger partial charge in [0.2, 0.25) is 0 Å². The lowest BCUT2D eigenvalue weighted by atomic mass is 10.2. The summed E-state index contributed by atoms with van der Waals surface area (Å²) in [5.41, 5.74) is 0. The van der Waals surface area contributed by atoms with Crippen molar-refractivity contribution in [3.63, 3.8) is 0 Å². The lowest BCUT2D eigenvalue weighted by molar-refractivity contribution is -0.133. The summed E-state index contributed by atoms with van der Waals surface area (Å²) in [5.74, 6) is 0. The van der Waals surface area contributed by atoms with E-state index in [0.717, 1.165) is 6.54 Å². The highest BCUT2D eigenvalue weighted by atomic mass is 19.4. The Morgan fingerprint density at radius 1 is 1.00 bits per heavy atom. The molecule has 0 aromatic rings. The van der Waals surface area contributed by atoms with Crippen LogP contribution in [0.25, 0.3) is 0 Å². The van der Waals surface area contributed by atoms with Crippen LogP contribution in [0, 0.1) is 0 Å². The van der Waals surface area contributed by atoms with Gasteiger partial charge in [-0.1, -0.05) is 0 Å². The molecule has 0 aromatic carbocycles. The van der Waals surface area contributed by atoms with Crippen molar-refractivity contribution in [3.05, 3.63) is 0 Å².